The van der Waals surface area contributed by atoms with E-state index in [1.165, 1.54) is 0 Å². The highest BCUT2D eigenvalue weighted by molar-refractivity contribution is 5.93. The molecule has 6 nitrogen and oxygen atoms in total. The normalized spacial score (nSPS) is 22.1. The molecule has 1 saturated carbocycles. The van der Waals surface area contributed by atoms with Gasteiger partial charge in [0, 0.05) is 23.3 Å². The van der Waals surface area contributed by atoms with E-state index < -0.39 is 6.03 Å². The van der Waals surface area contributed by atoms with Crippen molar-refractivity contribution in [2.45, 2.75) is 31.7 Å². The first-order valence-corrected chi connectivity index (χ1v) is 6.77. The maximum Gasteiger partial charge on any atom is 0.316 e. The molecular weight excluding hydrogens is 256 g/mol. The Hall–Kier alpha value is -2.08. The highest BCUT2D eigenvalue weighted by Crippen LogP contribution is 2.24. The predicted octanol–water partition coefficient (Wildman–Crippen LogP) is 1.63. The van der Waals surface area contributed by atoms with Crippen LogP contribution in [0.4, 0.5) is 16.2 Å². The van der Waals surface area contributed by atoms with E-state index >= 15 is 0 Å². The summed E-state index contributed by atoms with van der Waals surface area (Å²) < 4.78 is 0. The Morgan fingerprint density at radius 1 is 0.950 bits per heavy atom. The van der Waals surface area contributed by atoms with E-state index in [1.807, 2.05) is 0 Å². The molecule has 0 spiro atoms. The van der Waals surface area contributed by atoms with Gasteiger partial charge in [0.25, 0.3) is 0 Å². The molecule has 0 unspecified atom stereocenters. The molecule has 3 amide bonds. The number of urea groups is 1. The van der Waals surface area contributed by atoms with Gasteiger partial charge in [-0.3, -0.25) is 4.79 Å². The van der Waals surface area contributed by atoms with E-state index in [0.717, 1.165) is 25.7 Å². The molecule has 1 aliphatic carbocycles. The molecule has 108 valence electrons. The summed E-state index contributed by atoms with van der Waals surface area (Å²) in [6, 6.07) is 6.47. The molecule has 1 fully saturated rings. The van der Waals surface area contributed by atoms with Crippen LogP contribution in [0.15, 0.2) is 24.3 Å². The summed E-state index contributed by atoms with van der Waals surface area (Å²) in [5, 5.41) is 5.35. The van der Waals surface area contributed by atoms with E-state index in [9.17, 15) is 9.59 Å². The largest absolute Gasteiger partial charge is 0.351 e. The number of carbonyl (C=O) groups excluding carboxylic acids is 2. The lowest BCUT2D eigenvalue weighted by Gasteiger charge is -2.25. The van der Waals surface area contributed by atoms with E-state index in [2.05, 4.69) is 10.6 Å². The van der Waals surface area contributed by atoms with Crippen LogP contribution >= 0.6 is 0 Å². The van der Waals surface area contributed by atoms with Crippen molar-refractivity contribution in [3.8, 4) is 0 Å². The number of nitrogens with one attached hydrogen (secondary N) is 2. The Bertz CT molecular complexity index is 478. The van der Waals surface area contributed by atoms with Gasteiger partial charge in [-0.05, 0) is 49.9 Å². The van der Waals surface area contributed by atoms with Crippen LogP contribution in [0.1, 0.15) is 25.7 Å². The highest BCUT2D eigenvalue weighted by atomic mass is 16.2. The monoisotopic (exact) mass is 276 g/mol. The highest BCUT2D eigenvalue weighted by Gasteiger charge is 2.24. The number of benzene rings is 1. The van der Waals surface area contributed by atoms with Crippen molar-refractivity contribution in [2.24, 2.45) is 17.4 Å². The maximum atomic E-state index is 12.1. The van der Waals surface area contributed by atoms with Crippen molar-refractivity contribution < 1.29 is 9.59 Å². The maximum absolute atomic E-state index is 12.1. The zero-order valence-corrected chi connectivity index (χ0v) is 11.3. The SMILES string of the molecule is NC(=O)Nc1ccc(NC(=O)C2CCC(N)CC2)cc1. The van der Waals surface area contributed by atoms with Gasteiger partial charge in [0.15, 0.2) is 0 Å². The van der Waals surface area contributed by atoms with Crippen molar-refractivity contribution >= 4 is 23.3 Å². The van der Waals surface area contributed by atoms with Crippen LogP contribution in [0.5, 0.6) is 0 Å². The molecular formula is C14H20N4O2. The minimum absolute atomic E-state index is 0.0347. The van der Waals surface area contributed by atoms with Crippen molar-refractivity contribution in [1.29, 1.82) is 0 Å². The Balaban J connectivity index is 1.89. The molecule has 0 bridgehead atoms. The summed E-state index contributed by atoms with van der Waals surface area (Å²) >= 11 is 0. The van der Waals surface area contributed by atoms with Gasteiger partial charge in [-0.1, -0.05) is 0 Å². The van der Waals surface area contributed by atoms with Crippen LogP contribution in [-0.4, -0.2) is 18.0 Å². The van der Waals surface area contributed by atoms with Crippen molar-refractivity contribution in [3.63, 3.8) is 0 Å². The standard InChI is InChI=1S/C14H20N4O2/c15-10-3-1-9(2-4-10)13(19)17-11-5-7-12(8-6-11)18-14(16)20/h5-10H,1-4,15H2,(H,17,19)(H3,16,18,20). The predicted molar refractivity (Wildman–Crippen MR) is 78.2 cm³/mol. The minimum atomic E-state index is -0.611. The van der Waals surface area contributed by atoms with Gasteiger partial charge < -0.3 is 22.1 Å². The topological polar surface area (TPSA) is 110 Å². The van der Waals surface area contributed by atoms with Crippen molar-refractivity contribution in [1.82, 2.24) is 0 Å². The molecule has 0 heterocycles. The third-order valence-corrected chi connectivity index (χ3v) is 3.56. The molecule has 0 aliphatic heterocycles. The molecule has 0 radical (unpaired) electrons. The molecule has 0 saturated heterocycles. The van der Waals surface area contributed by atoms with Crippen LogP contribution in [0.2, 0.25) is 0 Å². The first-order chi connectivity index (χ1) is 9.54. The third kappa shape index (κ3) is 3.96. The van der Waals surface area contributed by atoms with Crippen LogP contribution in [0.3, 0.4) is 0 Å². The number of carbonyl (C=O) groups is 2. The van der Waals surface area contributed by atoms with E-state index in [4.69, 9.17) is 11.5 Å². The van der Waals surface area contributed by atoms with Crippen molar-refractivity contribution in [3.05, 3.63) is 24.3 Å². The van der Waals surface area contributed by atoms with Crippen LogP contribution in [0.25, 0.3) is 0 Å². The molecule has 6 N–H and O–H groups in total. The number of hydrogen-bond acceptors (Lipinski definition) is 3. The number of anilines is 2. The third-order valence-electron chi connectivity index (χ3n) is 3.56. The Morgan fingerprint density at radius 3 is 1.95 bits per heavy atom. The van der Waals surface area contributed by atoms with Crippen LogP contribution in [0, 0.1) is 5.92 Å². The number of hydrogen-bond donors (Lipinski definition) is 4. The summed E-state index contributed by atoms with van der Waals surface area (Å²) in [5.74, 6) is 0.0748. The van der Waals surface area contributed by atoms with Gasteiger partial charge in [0.2, 0.25) is 5.91 Å². The van der Waals surface area contributed by atoms with Gasteiger partial charge in [0.05, 0.1) is 0 Å². The second kappa shape index (κ2) is 6.38. The second-order valence-electron chi connectivity index (χ2n) is 5.17. The zero-order chi connectivity index (χ0) is 14.5. The molecule has 2 rings (SSSR count). The molecule has 1 aromatic rings. The lowest BCUT2D eigenvalue weighted by molar-refractivity contribution is -0.120. The van der Waals surface area contributed by atoms with Gasteiger partial charge >= 0.3 is 6.03 Å². The fourth-order valence-electron chi connectivity index (χ4n) is 2.40. The summed E-state index contributed by atoms with van der Waals surface area (Å²) in [6.45, 7) is 0. The number of rotatable bonds is 3. The average Bonchev–Trinajstić information content (AvgIpc) is 2.41. The molecule has 6 heteroatoms. The fourth-order valence-corrected chi connectivity index (χ4v) is 2.40. The van der Waals surface area contributed by atoms with Gasteiger partial charge in [-0.15, -0.1) is 0 Å². The Morgan fingerprint density at radius 2 is 1.45 bits per heavy atom. The minimum Gasteiger partial charge on any atom is -0.351 e. The number of amides is 3. The smallest absolute Gasteiger partial charge is 0.316 e. The summed E-state index contributed by atoms with van der Waals surface area (Å²) in [6.07, 6.45) is 3.49. The summed E-state index contributed by atoms with van der Waals surface area (Å²) in [7, 11) is 0. The molecule has 20 heavy (non-hydrogen) atoms. The lowest BCUT2D eigenvalue weighted by Crippen LogP contribution is -2.32. The zero-order valence-electron chi connectivity index (χ0n) is 11.3. The quantitative estimate of drug-likeness (QED) is 0.673. The second-order valence-corrected chi connectivity index (χ2v) is 5.17. The molecule has 1 aliphatic rings. The Labute approximate surface area is 117 Å². The van der Waals surface area contributed by atoms with E-state index in [0.29, 0.717) is 11.4 Å². The average molecular weight is 276 g/mol. The number of nitrogens with two attached hydrogens (primary N) is 2. The molecule has 1 aromatic carbocycles. The van der Waals surface area contributed by atoms with Crippen molar-refractivity contribution in [2.75, 3.05) is 10.6 Å². The van der Waals surface area contributed by atoms with Gasteiger partial charge in [-0.2, -0.15) is 0 Å². The van der Waals surface area contributed by atoms with Crippen LogP contribution < -0.4 is 22.1 Å². The fraction of sp³-hybridized carbons (Fsp3) is 0.429. The lowest BCUT2D eigenvalue weighted by atomic mass is 9.86. The molecule has 0 atom stereocenters. The number of primary amides is 1. The van der Waals surface area contributed by atoms with E-state index in [1.54, 1.807) is 24.3 Å². The summed E-state index contributed by atoms with van der Waals surface area (Å²) in [5.41, 5.74) is 12.2. The summed E-state index contributed by atoms with van der Waals surface area (Å²) in [4.78, 5) is 22.8. The first kappa shape index (κ1) is 14.3. The Kier molecular flexibility index (Phi) is 4.57. The molecule has 0 aromatic heterocycles. The van der Waals surface area contributed by atoms with Gasteiger partial charge in [-0.25, -0.2) is 4.79 Å². The van der Waals surface area contributed by atoms with Crippen LogP contribution in [-0.2, 0) is 4.79 Å². The van der Waals surface area contributed by atoms with E-state index in [-0.39, 0.29) is 17.9 Å². The van der Waals surface area contributed by atoms with Gasteiger partial charge in [0.1, 0.15) is 0 Å². The first-order valence-electron chi connectivity index (χ1n) is 6.77.